The quantitative estimate of drug-likeness (QED) is 0.170. The number of aldehydes is 1. The highest BCUT2D eigenvalue weighted by Gasteiger charge is 2.24. The van der Waals surface area contributed by atoms with E-state index in [0.29, 0.717) is 0 Å². The fourth-order valence-corrected chi connectivity index (χ4v) is 0.834. The molecule has 0 saturated carbocycles. The highest BCUT2D eigenvalue weighted by molar-refractivity contribution is 6.08. The number of nitrogens with zero attached hydrogens (tertiary/aromatic N) is 1. The van der Waals surface area contributed by atoms with E-state index in [-0.39, 0.29) is 17.4 Å². The SMILES string of the molecule is C=CC=C(C#N)C(=O)OC(C=O)C(=O)C(=C)C. The molecule has 0 aliphatic rings. The summed E-state index contributed by atoms with van der Waals surface area (Å²) in [6.45, 7) is 8.03. The van der Waals surface area contributed by atoms with Gasteiger partial charge < -0.3 is 4.74 Å². The Bertz CT molecular complexity index is 440. The molecule has 88 valence electrons. The topological polar surface area (TPSA) is 84.2 Å². The van der Waals surface area contributed by atoms with Crippen LogP contribution >= 0.6 is 0 Å². The normalized spacial score (nSPS) is 11.9. The Morgan fingerprint density at radius 2 is 2.06 bits per heavy atom. The molecule has 0 aliphatic carbocycles. The van der Waals surface area contributed by atoms with Crippen LogP contribution in [0.2, 0.25) is 0 Å². The Morgan fingerprint density at radius 3 is 2.41 bits per heavy atom. The molecule has 17 heavy (non-hydrogen) atoms. The van der Waals surface area contributed by atoms with E-state index < -0.39 is 17.9 Å². The van der Waals surface area contributed by atoms with Gasteiger partial charge in [0.15, 0.2) is 6.29 Å². The highest BCUT2D eigenvalue weighted by Crippen LogP contribution is 2.04. The zero-order valence-corrected chi connectivity index (χ0v) is 9.30. The van der Waals surface area contributed by atoms with Crippen LogP contribution in [0.25, 0.3) is 0 Å². The molecule has 0 rings (SSSR count). The smallest absolute Gasteiger partial charge is 0.350 e. The van der Waals surface area contributed by atoms with Crippen molar-refractivity contribution in [2.45, 2.75) is 13.0 Å². The van der Waals surface area contributed by atoms with Crippen molar-refractivity contribution < 1.29 is 19.1 Å². The summed E-state index contributed by atoms with van der Waals surface area (Å²) < 4.78 is 4.57. The molecule has 5 heteroatoms. The number of carbonyl (C=O) groups excluding carboxylic acids is 3. The van der Waals surface area contributed by atoms with Crippen LogP contribution in [0.1, 0.15) is 6.92 Å². The number of nitriles is 1. The Morgan fingerprint density at radius 1 is 1.47 bits per heavy atom. The van der Waals surface area contributed by atoms with E-state index in [1.807, 2.05) is 0 Å². The van der Waals surface area contributed by atoms with Crippen LogP contribution in [0.4, 0.5) is 0 Å². The van der Waals surface area contributed by atoms with Gasteiger partial charge in [0.25, 0.3) is 0 Å². The van der Waals surface area contributed by atoms with Crippen molar-refractivity contribution in [2.75, 3.05) is 0 Å². The molecule has 0 aromatic carbocycles. The number of ketones is 1. The summed E-state index contributed by atoms with van der Waals surface area (Å²) in [5.74, 6) is -1.76. The molecule has 1 atom stereocenters. The van der Waals surface area contributed by atoms with E-state index in [1.54, 1.807) is 6.07 Å². The van der Waals surface area contributed by atoms with Crippen molar-refractivity contribution >= 4 is 18.0 Å². The number of Topliss-reactive ketones (excluding diaryl/α,β-unsaturated/α-hetero) is 1. The first-order chi connectivity index (χ1) is 7.97. The molecule has 0 amide bonds. The van der Waals surface area contributed by atoms with Crippen LogP contribution in [-0.4, -0.2) is 24.1 Å². The van der Waals surface area contributed by atoms with E-state index in [4.69, 9.17) is 5.26 Å². The Balaban J connectivity index is 4.88. The second-order valence-electron chi connectivity index (χ2n) is 3.03. The molecule has 0 aromatic rings. The first-order valence-electron chi connectivity index (χ1n) is 4.56. The lowest BCUT2D eigenvalue weighted by atomic mass is 10.1. The zero-order chi connectivity index (χ0) is 13.4. The maximum atomic E-state index is 11.4. The van der Waals surface area contributed by atoms with Gasteiger partial charge in [-0.05, 0) is 18.6 Å². The summed E-state index contributed by atoms with van der Waals surface area (Å²) >= 11 is 0. The third-order valence-electron chi connectivity index (χ3n) is 1.66. The lowest BCUT2D eigenvalue weighted by molar-refractivity contribution is -0.152. The van der Waals surface area contributed by atoms with Gasteiger partial charge in [-0.3, -0.25) is 9.59 Å². The van der Waals surface area contributed by atoms with Gasteiger partial charge in [-0.1, -0.05) is 19.2 Å². The van der Waals surface area contributed by atoms with Crippen LogP contribution in [0.3, 0.4) is 0 Å². The average molecular weight is 233 g/mol. The number of carbonyl (C=O) groups is 3. The number of esters is 1. The number of hydrogen-bond donors (Lipinski definition) is 0. The molecule has 1 unspecified atom stereocenters. The van der Waals surface area contributed by atoms with Gasteiger partial charge in [-0.2, -0.15) is 5.26 Å². The van der Waals surface area contributed by atoms with Crippen molar-refractivity contribution in [1.82, 2.24) is 0 Å². The predicted octanol–water partition coefficient (Wildman–Crippen LogP) is 0.878. The minimum Gasteiger partial charge on any atom is -0.442 e. The standard InChI is InChI=1S/C12H11NO4/c1-4-5-9(6-13)12(16)17-10(7-14)11(15)8(2)3/h4-5,7,10H,1-2H2,3H3. The number of rotatable bonds is 6. The largest absolute Gasteiger partial charge is 0.442 e. The monoisotopic (exact) mass is 233 g/mol. The second-order valence-corrected chi connectivity index (χ2v) is 3.03. The molecule has 0 N–H and O–H groups in total. The third kappa shape index (κ3) is 4.26. The lowest BCUT2D eigenvalue weighted by Gasteiger charge is -2.09. The molecule has 0 saturated heterocycles. The Labute approximate surface area is 98.7 Å². The average Bonchev–Trinajstić information content (AvgIpc) is 2.31. The van der Waals surface area contributed by atoms with Crippen LogP contribution in [0, 0.1) is 11.3 Å². The van der Waals surface area contributed by atoms with Gasteiger partial charge in [0.05, 0.1) is 0 Å². The molecule has 5 nitrogen and oxygen atoms in total. The first-order valence-corrected chi connectivity index (χ1v) is 4.56. The van der Waals surface area contributed by atoms with Gasteiger partial charge in [-0.25, -0.2) is 4.79 Å². The fourth-order valence-electron chi connectivity index (χ4n) is 0.834. The maximum absolute atomic E-state index is 11.4. The van der Waals surface area contributed by atoms with Crippen LogP contribution < -0.4 is 0 Å². The molecule has 0 fully saturated rings. The summed E-state index contributed by atoms with van der Waals surface area (Å²) in [4.78, 5) is 33.3. The van der Waals surface area contributed by atoms with Crippen LogP contribution in [0.5, 0.6) is 0 Å². The summed E-state index contributed by atoms with van der Waals surface area (Å²) in [6, 6.07) is 1.57. The third-order valence-corrected chi connectivity index (χ3v) is 1.66. The molecular formula is C12H11NO4. The minimum atomic E-state index is -1.57. The van der Waals surface area contributed by atoms with Crippen molar-refractivity contribution in [3.05, 3.63) is 36.5 Å². The zero-order valence-electron chi connectivity index (χ0n) is 9.30. The number of hydrogen-bond acceptors (Lipinski definition) is 5. The van der Waals surface area contributed by atoms with Gasteiger partial charge in [0, 0.05) is 0 Å². The first kappa shape index (κ1) is 14.5. The molecule has 0 aliphatic heterocycles. The summed E-state index contributed by atoms with van der Waals surface area (Å²) in [5.41, 5.74) is -0.262. The second kappa shape index (κ2) is 6.90. The van der Waals surface area contributed by atoms with Crippen molar-refractivity contribution in [2.24, 2.45) is 0 Å². The summed E-state index contributed by atoms with van der Waals surface area (Å²) in [6.07, 6.45) is 0.949. The van der Waals surface area contributed by atoms with Gasteiger partial charge >= 0.3 is 5.97 Å². The Hall–Kier alpha value is -2.48. The summed E-state index contributed by atoms with van der Waals surface area (Å²) in [5, 5.41) is 8.60. The van der Waals surface area contributed by atoms with Crippen molar-refractivity contribution in [3.63, 3.8) is 0 Å². The molecule has 0 heterocycles. The van der Waals surface area contributed by atoms with Crippen LogP contribution in [0.15, 0.2) is 36.5 Å². The summed E-state index contributed by atoms with van der Waals surface area (Å²) in [7, 11) is 0. The van der Waals surface area contributed by atoms with E-state index in [0.717, 1.165) is 6.08 Å². The van der Waals surface area contributed by atoms with Crippen LogP contribution in [-0.2, 0) is 19.1 Å². The van der Waals surface area contributed by atoms with Gasteiger partial charge in [-0.15, -0.1) is 0 Å². The van der Waals surface area contributed by atoms with Crippen molar-refractivity contribution in [3.8, 4) is 6.07 Å². The molecule has 0 spiro atoms. The molecule has 0 bridgehead atoms. The minimum absolute atomic E-state index is 0.0844. The van der Waals surface area contributed by atoms with E-state index in [9.17, 15) is 14.4 Å². The van der Waals surface area contributed by atoms with E-state index in [2.05, 4.69) is 17.9 Å². The molecule has 0 aromatic heterocycles. The van der Waals surface area contributed by atoms with Crippen molar-refractivity contribution in [1.29, 1.82) is 5.26 Å². The number of ether oxygens (including phenoxy) is 1. The maximum Gasteiger partial charge on any atom is 0.350 e. The van der Waals surface area contributed by atoms with E-state index in [1.165, 1.54) is 13.0 Å². The lowest BCUT2D eigenvalue weighted by Crippen LogP contribution is -2.29. The fraction of sp³-hybridized carbons (Fsp3) is 0.167. The molecular weight excluding hydrogens is 222 g/mol. The number of allylic oxidation sites excluding steroid dienone is 2. The van der Waals surface area contributed by atoms with E-state index >= 15 is 0 Å². The van der Waals surface area contributed by atoms with Gasteiger partial charge in [0.2, 0.25) is 11.9 Å². The van der Waals surface area contributed by atoms with Gasteiger partial charge in [0.1, 0.15) is 11.6 Å². The highest BCUT2D eigenvalue weighted by atomic mass is 16.5. The predicted molar refractivity (Wildman–Crippen MR) is 59.7 cm³/mol. The molecule has 0 radical (unpaired) electrons. The Kier molecular flexibility index (Phi) is 5.90.